The molecule has 2 aromatic carbocycles. The van der Waals surface area contributed by atoms with E-state index >= 15 is 0 Å². The molecule has 0 fully saturated rings. The van der Waals surface area contributed by atoms with Crippen LogP contribution in [0.5, 0.6) is 0 Å². The molecule has 1 heterocycles. The number of aryl methyl sites for hydroxylation is 3. The number of anilines is 1. The average Bonchev–Trinajstić information content (AvgIpc) is 2.97. The van der Waals surface area contributed by atoms with Crippen LogP contribution in [0.4, 0.5) is 5.69 Å². The highest BCUT2D eigenvalue weighted by atomic mass is 16.4. The highest BCUT2D eigenvalue weighted by Crippen LogP contribution is 2.22. The van der Waals surface area contributed by atoms with E-state index in [1.807, 2.05) is 68.4 Å². The summed E-state index contributed by atoms with van der Waals surface area (Å²) in [5.41, 5.74) is 3.75. The molecule has 0 aliphatic rings. The minimum atomic E-state index is -0.0254. The predicted octanol–water partition coefficient (Wildman–Crippen LogP) is 4.53. The Kier molecular flexibility index (Phi) is 4.75. The van der Waals surface area contributed by atoms with Gasteiger partial charge in [-0.2, -0.15) is 0 Å². The highest BCUT2D eigenvalue weighted by Gasteiger charge is 2.12. The number of benzene rings is 2. The van der Waals surface area contributed by atoms with Crippen molar-refractivity contribution in [2.24, 2.45) is 0 Å². The van der Waals surface area contributed by atoms with Crippen molar-refractivity contribution in [2.75, 3.05) is 5.32 Å². The third-order valence-corrected chi connectivity index (χ3v) is 3.84. The van der Waals surface area contributed by atoms with Gasteiger partial charge in [0.2, 0.25) is 11.8 Å². The zero-order valence-corrected chi connectivity index (χ0v) is 13.9. The molecule has 24 heavy (non-hydrogen) atoms. The zero-order chi connectivity index (χ0) is 16.9. The van der Waals surface area contributed by atoms with Gasteiger partial charge in [0, 0.05) is 24.1 Å². The van der Waals surface area contributed by atoms with Gasteiger partial charge in [-0.1, -0.05) is 35.9 Å². The summed E-state index contributed by atoms with van der Waals surface area (Å²) in [6.07, 6.45) is 0.926. The molecule has 3 rings (SSSR count). The van der Waals surface area contributed by atoms with Crippen molar-refractivity contribution in [1.82, 2.24) is 4.98 Å². The molecule has 0 unspecified atom stereocenters. The lowest BCUT2D eigenvalue weighted by molar-refractivity contribution is -0.116. The van der Waals surface area contributed by atoms with Gasteiger partial charge in [-0.15, -0.1) is 0 Å². The average molecular weight is 320 g/mol. The second-order valence-corrected chi connectivity index (χ2v) is 5.80. The fourth-order valence-corrected chi connectivity index (χ4v) is 2.46. The molecule has 1 amide bonds. The SMILES string of the molecule is Cc1ccc(NC(=O)CCc2nc(-c3ccccc3)oc2C)cc1. The molecular formula is C20H20N2O2. The number of oxazole rings is 1. The summed E-state index contributed by atoms with van der Waals surface area (Å²) in [4.78, 5) is 16.6. The van der Waals surface area contributed by atoms with E-state index in [1.165, 1.54) is 5.56 Å². The molecule has 0 aliphatic carbocycles. The fourth-order valence-electron chi connectivity index (χ4n) is 2.46. The Morgan fingerprint density at radius 3 is 2.46 bits per heavy atom. The summed E-state index contributed by atoms with van der Waals surface area (Å²) in [6.45, 7) is 3.90. The van der Waals surface area contributed by atoms with Gasteiger partial charge in [-0.05, 0) is 38.1 Å². The van der Waals surface area contributed by atoms with Crippen LogP contribution >= 0.6 is 0 Å². The van der Waals surface area contributed by atoms with Crippen LogP contribution in [0, 0.1) is 13.8 Å². The minimum absolute atomic E-state index is 0.0254. The first-order valence-corrected chi connectivity index (χ1v) is 8.00. The van der Waals surface area contributed by atoms with Gasteiger partial charge in [0.05, 0.1) is 5.69 Å². The maximum atomic E-state index is 12.1. The van der Waals surface area contributed by atoms with Crippen LogP contribution in [0.2, 0.25) is 0 Å². The zero-order valence-electron chi connectivity index (χ0n) is 13.9. The molecule has 0 atom stereocenters. The lowest BCUT2D eigenvalue weighted by atomic mass is 10.2. The van der Waals surface area contributed by atoms with E-state index in [2.05, 4.69) is 10.3 Å². The van der Waals surface area contributed by atoms with E-state index in [1.54, 1.807) is 0 Å². The van der Waals surface area contributed by atoms with Gasteiger partial charge in [-0.3, -0.25) is 4.79 Å². The third-order valence-electron chi connectivity index (χ3n) is 3.84. The van der Waals surface area contributed by atoms with Crippen LogP contribution in [-0.2, 0) is 11.2 Å². The van der Waals surface area contributed by atoms with Crippen molar-refractivity contribution in [3.8, 4) is 11.5 Å². The molecular weight excluding hydrogens is 300 g/mol. The highest BCUT2D eigenvalue weighted by molar-refractivity contribution is 5.90. The Bertz CT molecular complexity index is 821. The van der Waals surface area contributed by atoms with Gasteiger partial charge in [-0.25, -0.2) is 4.98 Å². The van der Waals surface area contributed by atoms with Gasteiger partial charge < -0.3 is 9.73 Å². The van der Waals surface area contributed by atoms with Crippen LogP contribution in [0.1, 0.15) is 23.4 Å². The molecule has 0 saturated heterocycles. The molecule has 0 spiro atoms. The van der Waals surface area contributed by atoms with Crippen LogP contribution in [0.3, 0.4) is 0 Å². The standard InChI is InChI=1S/C20H20N2O2/c1-14-8-10-17(11-9-14)21-19(23)13-12-18-15(2)24-20(22-18)16-6-4-3-5-7-16/h3-11H,12-13H2,1-2H3,(H,21,23). The number of nitrogens with one attached hydrogen (secondary N) is 1. The third kappa shape index (κ3) is 3.90. The van der Waals surface area contributed by atoms with E-state index in [0.717, 1.165) is 22.7 Å². The molecule has 0 bridgehead atoms. The maximum absolute atomic E-state index is 12.1. The van der Waals surface area contributed by atoms with E-state index in [-0.39, 0.29) is 5.91 Å². The topological polar surface area (TPSA) is 55.1 Å². The number of aromatic nitrogens is 1. The van der Waals surface area contributed by atoms with E-state index in [9.17, 15) is 4.79 Å². The van der Waals surface area contributed by atoms with Gasteiger partial charge in [0.1, 0.15) is 5.76 Å². The lowest BCUT2D eigenvalue weighted by Crippen LogP contribution is -2.12. The van der Waals surface area contributed by atoms with E-state index in [4.69, 9.17) is 4.42 Å². The monoisotopic (exact) mass is 320 g/mol. The molecule has 4 nitrogen and oxygen atoms in total. The number of carbonyl (C=O) groups excluding carboxylic acids is 1. The predicted molar refractivity (Wildman–Crippen MR) is 94.8 cm³/mol. The summed E-state index contributed by atoms with van der Waals surface area (Å²) >= 11 is 0. The second kappa shape index (κ2) is 7.13. The largest absolute Gasteiger partial charge is 0.441 e. The summed E-state index contributed by atoms with van der Waals surface area (Å²) < 4.78 is 5.72. The first kappa shape index (κ1) is 16.0. The Morgan fingerprint density at radius 2 is 1.75 bits per heavy atom. The quantitative estimate of drug-likeness (QED) is 0.751. The number of rotatable bonds is 5. The Hall–Kier alpha value is -2.88. The molecule has 1 aromatic heterocycles. The van der Waals surface area contributed by atoms with Crippen molar-refractivity contribution in [3.63, 3.8) is 0 Å². The number of amides is 1. The molecule has 4 heteroatoms. The summed E-state index contributed by atoms with van der Waals surface area (Å²) in [7, 11) is 0. The number of hydrogen-bond acceptors (Lipinski definition) is 3. The normalized spacial score (nSPS) is 10.6. The summed E-state index contributed by atoms with van der Waals surface area (Å²) in [5.74, 6) is 1.33. The van der Waals surface area contributed by atoms with E-state index < -0.39 is 0 Å². The summed E-state index contributed by atoms with van der Waals surface area (Å²) in [5, 5.41) is 2.90. The van der Waals surface area contributed by atoms with Crippen LogP contribution in [0.15, 0.2) is 59.0 Å². The minimum Gasteiger partial charge on any atom is -0.441 e. The van der Waals surface area contributed by atoms with Crippen LogP contribution < -0.4 is 5.32 Å². The first-order valence-electron chi connectivity index (χ1n) is 8.00. The number of hydrogen-bond donors (Lipinski definition) is 1. The molecule has 3 aromatic rings. The van der Waals surface area contributed by atoms with Crippen molar-refractivity contribution < 1.29 is 9.21 Å². The molecule has 1 N–H and O–H groups in total. The van der Waals surface area contributed by atoms with Gasteiger partial charge >= 0.3 is 0 Å². The molecule has 0 radical (unpaired) electrons. The molecule has 0 aliphatic heterocycles. The Balaban J connectivity index is 1.61. The van der Waals surface area contributed by atoms with Crippen molar-refractivity contribution in [1.29, 1.82) is 0 Å². The second-order valence-electron chi connectivity index (χ2n) is 5.80. The van der Waals surface area contributed by atoms with Crippen LogP contribution in [0.25, 0.3) is 11.5 Å². The van der Waals surface area contributed by atoms with Gasteiger partial charge in [0.15, 0.2) is 0 Å². The van der Waals surface area contributed by atoms with Crippen molar-refractivity contribution in [2.45, 2.75) is 26.7 Å². The maximum Gasteiger partial charge on any atom is 0.226 e. The van der Waals surface area contributed by atoms with Crippen molar-refractivity contribution >= 4 is 11.6 Å². The fraction of sp³-hybridized carbons (Fsp3) is 0.200. The Labute approximate surface area is 141 Å². The summed E-state index contributed by atoms with van der Waals surface area (Å²) in [6, 6.07) is 17.5. The van der Waals surface area contributed by atoms with E-state index in [0.29, 0.717) is 18.7 Å². The molecule has 122 valence electrons. The first-order chi connectivity index (χ1) is 11.6. The van der Waals surface area contributed by atoms with Gasteiger partial charge in [0.25, 0.3) is 0 Å². The molecule has 0 saturated carbocycles. The smallest absolute Gasteiger partial charge is 0.226 e. The Morgan fingerprint density at radius 1 is 1.04 bits per heavy atom. The number of carbonyl (C=O) groups is 1. The number of nitrogens with zero attached hydrogens (tertiary/aromatic N) is 1. The van der Waals surface area contributed by atoms with Crippen molar-refractivity contribution in [3.05, 3.63) is 71.6 Å². The lowest BCUT2D eigenvalue weighted by Gasteiger charge is -2.04. The van der Waals surface area contributed by atoms with Crippen LogP contribution in [-0.4, -0.2) is 10.9 Å².